The summed E-state index contributed by atoms with van der Waals surface area (Å²) in [4.78, 5) is 59.4. The first-order valence-corrected chi connectivity index (χ1v) is 10.1. The highest BCUT2D eigenvalue weighted by Crippen LogP contribution is 2.05. The number of nitrogens with two attached hydrogens (primary N) is 1. The van der Waals surface area contributed by atoms with Gasteiger partial charge < -0.3 is 31.9 Å². The Hall–Kier alpha value is -2.34. The van der Waals surface area contributed by atoms with Gasteiger partial charge in [0.25, 0.3) is 0 Å². The van der Waals surface area contributed by atoms with E-state index in [4.69, 9.17) is 10.8 Å². The second kappa shape index (κ2) is 13.1. The van der Waals surface area contributed by atoms with Crippen molar-refractivity contribution in [2.45, 2.75) is 64.7 Å². The molecule has 4 unspecified atom stereocenters. The summed E-state index contributed by atoms with van der Waals surface area (Å²) in [6, 6.07) is -4.82. The van der Waals surface area contributed by atoms with Gasteiger partial charge >= 0.3 is 11.9 Å². The average Bonchev–Trinajstić information content (AvgIpc) is 2.61. The van der Waals surface area contributed by atoms with Gasteiger partial charge in [-0.1, -0.05) is 27.7 Å². The van der Waals surface area contributed by atoms with Gasteiger partial charge in [-0.3, -0.25) is 19.2 Å². The first kappa shape index (κ1) is 27.7. The third-order valence-electron chi connectivity index (χ3n) is 4.12. The van der Waals surface area contributed by atoms with Crippen molar-refractivity contribution < 1.29 is 34.2 Å². The lowest BCUT2D eigenvalue weighted by Crippen LogP contribution is -2.58. The number of nitrogens with one attached hydrogen (secondary N) is 3. The molecule has 0 aromatic heterocycles. The largest absolute Gasteiger partial charge is 0.481 e. The second-order valence-electron chi connectivity index (χ2n) is 7.71. The van der Waals surface area contributed by atoms with Crippen molar-refractivity contribution in [3.8, 4) is 0 Å². The zero-order valence-corrected chi connectivity index (χ0v) is 18.4. The number of carboxylic acid groups (broad SMARTS) is 2. The molecule has 0 aliphatic heterocycles. The van der Waals surface area contributed by atoms with E-state index in [9.17, 15) is 29.1 Å². The number of carboxylic acids is 2. The van der Waals surface area contributed by atoms with E-state index in [-0.39, 0.29) is 11.7 Å². The molecule has 0 spiro atoms. The van der Waals surface area contributed by atoms with E-state index in [1.807, 2.05) is 13.8 Å². The van der Waals surface area contributed by atoms with Crippen molar-refractivity contribution in [2.24, 2.45) is 17.6 Å². The highest BCUT2D eigenvalue weighted by atomic mass is 32.1. The molecule has 0 aliphatic carbocycles. The van der Waals surface area contributed by atoms with Gasteiger partial charge in [-0.25, -0.2) is 4.79 Å². The molecule has 0 fully saturated rings. The van der Waals surface area contributed by atoms with Gasteiger partial charge in [-0.05, 0) is 18.3 Å². The normalized spacial score (nSPS) is 15.1. The predicted octanol–water partition coefficient (Wildman–Crippen LogP) is -1.04. The van der Waals surface area contributed by atoms with E-state index in [1.165, 1.54) is 0 Å². The second-order valence-corrected chi connectivity index (χ2v) is 8.07. The van der Waals surface area contributed by atoms with Gasteiger partial charge in [0.15, 0.2) is 0 Å². The van der Waals surface area contributed by atoms with E-state index in [0.29, 0.717) is 6.42 Å². The summed E-state index contributed by atoms with van der Waals surface area (Å²) in [6.45, 7) is 6.91. The Morgan fingerprint density at radius 3 is 1.77 bits per heavy atom. The van der Waals surface area contributed by atoms with E-state index >= 15 is 0 Å². The Kier molecular flexibility index (Phi) is 12.0. The lowest BCUT2D eigenvalue weighted by Gasteiger charge is -2.25. The first-order valence-electron chi connectivity index (χ1n) is 9.52. The number of hydrogen-bond acceptors (Lipinski definition) is 7. The number of aliphatic carboxylic acids is 2. The fourth-order valence-corrected chi connectivity index (χ4v) is 2.77. The maximum absolute atomic E-state index is 12.5. The van der Waals surface area contributed by atoms with Crippen LogP contribution in [0, 0.1) is 11.8 Å². The molecule has 0 aromatic carbocycles. The molecule has 11 nitrogen and oxygen atoms in total. The molecule has 30 heavy (non-hydrogen) atoms. The Bertz CT molecular complexity index is 642. The number of thiol groups is 1. The zero-order chi connectivity index (χ0) is 23.6. The van der Waals surface area contributed by atoms with Crippen LogP contribution in [0.1, 0.15) is 40.5 Å². The van der Waals surface area contributed by atoms with Crippen LogP contribution in [0.25, 0.3) is 0 Å². The standard InChI is InChI=1S/C18H32N4O7S/c1-8(2)5-10(19)15(25)20-11(6-13(23)24)16(26)21-12(7-30)17(27)22-14(9(3)4)18(28)29/h8-12,14,30H,5-7,19H2,1-4H3,(H,20,25)(H,21,26)(H,22,27)(H,23,24)(H,28,29). The topological polar surface area (TPSA) is 188 Å². The van der Waals surface area contributed by atoms with E-state index in [1.54, 1.807) is 13.8 Å². The quantitative estimate of drug-likeness (QED) is 0.174. The summed E-state index contributed by atoms with van der Waals surface area (Å²) in [5.41, 5.74) is 5.76. The van der Waals surface area contributed by atoms with Crippen molar-refractivity contribution in [1.29, 1.82) is 0 Å². The Morgan fingerprint density at radius 2 is 1.37 bits per heavy atom. The summed E-state index contributed by atoms with van der Waals surface area (Å²) in [7, 11) is 0. The Labute approximate surface area is 180 Å². The highest BCUT2D eigenvalue weighted by molar-refractivity contribution is 7.80. The molecule has 0 aliphatic rings. The fraction of sp³-hybridized carbons (Fsp3) is 0.722. The fourth-order valence-electron chi connectivity index (χ4n) is 2.51. The van der Waals surface area contributed by atoms with Gasteiger partial charge in [-0.2, -0.15) is 12.6 Å². The molecule has 12 heteroatoms. The number of amides is 3. The smallest absolute Gasteiger partial charge is 0.326 e. The maximum atomic E-state index is 12.5. The van der Waals surface area contributed by atoms with Crippen LogP contribution in [-0.2, 0) is 24.0 Å². The highest BCUT2D eigenvalue weighted by Gasteiger charge is 2.31. The molecule has 172 valence electrons. The van der Waals surface area contributed by atoms with Crippen LogP contribution in [0.3, 0.4) is 0 Å². The molecular formula is C18H32N4O7S. The van der Waals surface area contributed by atoms with Gasteiger partial charge in [0, 0.05) is 5.75 Å². The molecule has 0 rings (SSSR count). The van der Waals surface area contributed by atoms with Crippen LogP contribution in [0.5, 0.6) is 0 Å². The molecule has 7 N–H and O–H groups in total. The average molecular weight is 449 g/mol. The lowest BCUT2D eigenvalue weighted by molar-refractivity contribution is -0.144. The van der Waals surface area contributed by atoms with Crippen LogP contribution < -0.4 is 21.7 Å². The molecule has 0 saturated heterocycles. The zero-order valence-electron chi connectivity index (χ0n) is 17.5. The van der Waals surface area contributed by atoms with Crippen molar-refractivity contribution in [1.82, 2.24) is 16.0 Å². The number of carbonyl (C=O) groups excluding carboxylic acids is 3. The molecule has 0 bridgehead atoms. The Balaban J connectivity index is 5.25. The minimum absolute atomic E-state index is 0.109. The van der Waals surface area contributed by atoms with E-state index in [0.717, 1.165) is 0 Å². The van der Waals surface area contributed by atoms with Crippen molar-refractivity contribution in [3.05, 3.63) is 0 Å². The van der Waals surface area contributed by atoms with Gasteiger partial charge in [-0.15, -0.1) is 0 Å². The van der Waals surface area contributed by atoms with Crippen molar-refractivity contribution >= 4 is 42.3 Å². The summed E-state index contributed by atoms with van der Waals surface area (Å²) in [6.07, 6.45) is -0.392. The van der Waals surface area contributed by atoms with Crippen LogP contribution in [-0.4, -0.2) is 69.8 Å². The van der Waals surface area contributed by atoms with Crippen LogP contribution in [0.15, 0.2) is 0 Å². The van der Waals surface area contributed by atoms with Gasteiger partial charge in [0.1, 0.15) is 18.1 Å². The Morgan fingerprint density at radius 1 is 0.867 bits per heavy atom. The minimum Gasteiger partial charge on any atom is -0.481 e. The van der Waals surface area contributed by atoms with Gasteiger partial charge in [0.05, 0.1) is 12.5 Å². The minimum atomic E-state index is -1.47. The number of rotatable bonds is 13. The summed E-state index contributed by atoms with van der Waals surface area (Å²) in [5.74, 6) is -5.47. The molecule has 4 atom stereocenters. The molecule has 0 heterocycles. The van der Waals surface area contributed by atoms with Crippen molar-refractivity contribution in [3.63, 3.8) is 0 Å². The molecule has 0 saturated carbocycles. The van der Waals surface area contributed by atoms with Gasteiger partial charge in [0.2, 0.25) is 17.7 Å². The van der Waals surface area contributed by atoms with E-state index in [2.05, 4.69) is 28.6 Å². The first-order chi connectivity index (χ1) is 13.8. The monoisotopic (exact) mass is 448 g/mol. The van der Waals surface area contributed by atoms with Crippen LogP contribution in [0.4, 0.5) is 0 Å². The van der Waals surface area contributed by atoms with Crippen LogP contribution >= 0.6 is 12.6 Å². The van der Waals surface area contributed by atoms with E-state index < -0.39 is 66.2 Å². The molecule has 0 radical (unpaired) electrons. The molecule has 0 aromatic rings. The van der Waals surface area contributed by atoms with Crippen molar-refractivity contribution in [2.75, 3.05) is 5.75 Å². The SMILES string of the molecule is CC(C)CC(N)C(=O)NC(CC(=O)O)C(=O)NC(CS)C(=O)NC(C(=O)O)C(C)C. The molecular weight excluding hydrogens is 416 g/mol. The third kappa shape index (κ3) is 9.92. The summed E-state index contributed by atoms with van der Waals surface area (Å²) >= 11 is 3.99. The summed E-state index contributed by atoms with van der Waals surface area (Å²) in [5, 5.41) is 25.1. The number of carbonyl (C=O) groups is 5. The van der Waals surface area contributed by atoms with Crippen LogP contribution in [0.2, 0.25) is 0 Å². The maximum Gasteiger partial charge on any atom is 0.326 e. The number of hydrogen-bond donors (Lipinski definition) is 7. The predicted molar refractivity (Wildman–Crippen MR) is 112 cm³/mol. The molecule has 3 amide bonds. The summed E-state index contributed by atoms with van der Waals surface area (Å²) < 4.78 is 0. The third-order valence-corrected chi connectivity index (χ3v) is 4.49. The lowest BCUT2D eigenvalue weighted by atomic mass is 10.0.